The largest absolute Gasteiger partial charge is 0.481 e. The first-order valence-corrected chi connectivity index (χ1v) is 0.928. The summed E-state index contributed by atoms with van der Waals surface area (Å²) < 4.78 is 0. The van der Waals surface area contributed by atoms with E-state index < -0.39 is 5.97 Å². The molecule has 5 heteroatoms. The number of carboxylic acids is 1. The van der Waals surface area contributed by atoms with Crippen LogP contribution in [0.25, 0.3) is 0 Å². The van der Waals surface area contributed by atoms with Gasteiger partial charge in [-0.05, 0) is 0 Å². The van der Waals surface area contributed by atoms with Crippen LogP contribution in [0.3, 0.4) is 0 Å². The molecule has 0 aromatic rings. The van der Waals surface area contributed by atoms with E-state index in [0.29, 0.717) is 0 Å². The van der Waals surface area contributed by atoms with Crippen molar-refractivity contribution in [3.63, 3.8) is 0 Å². The molecular formula is C2H4CaNa2O2. The summed E-state index contributed by atoms with van der Waals surface area (Å²) in [6.07, 6.45) is 0. The minimum absolute atomic E-state index is 0. The normalized spacial score (nSPS) is 3.57. The summed E-state index contributed by atoms with van der Waals surface area (Å²) in [4.78, 5) is 9.00. The molecule has 0 saturated carbocycles. The van der Waals surface area contributed by atoms with Crippen molar-refractivity contribution in [1.29, 1.82) is 0 Å². The second-order valence-corrected chi connectivity index (χ2v) is 0.519. The third kappa shape index (κ3) is 53.1. The third-order valence-electron chi connectivity index (χ3n) is 0. The van der Waals surface area contributed by atoms with Gasteiger partial charge in [0.15, 0.2) is 0 Å². The molecule has 0 aliphatic rings. The smallest absolute Gasteiger partial charge is 0.300 e. The van der Waals surface area contributed by atoms with Crippen molar-refractivity contribution in [2.24, 2.45) is 0 Å². The topological polar surface area (TPSA) is 37.3 Å². The van der Waals surface area contributed by atoms with E-state index in [-0.39, 0.29) is 96.9 Å². The van der Waals surface area contributed by atoms with Crippen LogP contribution in [0.1, 0.15) is 6.92 Å². The molecule has 0 spiro atoms. The maximum atomic E-state index is 9.00. The summed E-state index contributed by atoms with van der Waals surface area (Å²) in [5, 5.41) is 7.42. The van der Waals surface area contributed by atoms with Crippen LogP contribution in [0.2, 0.25) is 0 Å². The minimum Gasteiger partial charge on any atom is -0.481 e. The summed E-state index contributed by atoms with van der Waals surface area (Å²) in [5.41, 5.74) is 0. The zero-order chi connectivity index (χ0) is 3.58. The van der Waals surface area contributed by atoms with Crippen molar-refractivity contribution in [2.45, 2.75) is 6.92 Å². The molecule has 0 amide bonds. The molecule has 4 radical (unpaired) electrons. The first-order chi connectivity index (χ1) is 1.73. The molecular weight excluding hydrogens is 142 g/mol. The number of hydrogen-bond donors (Lipinski definition) is 1. The van der Waals surface area contributed by atoms with Gasteiger partial charge in [0.05, 0.1) is 0 Å². The zero-order valence-electron chi connectivity index (χ0n) is 5.06. The van der Waals surface area contributed by atoms with Gasteiger partial charge in [-0.3, -0.25) is 4.79 Å². The fourth-order valence-electron chi connectivity index (χ4n) is 0. The Morgan fingerprint density at radius 2 is 1.43 bits per heavy atom. The fraction of sp³-hybridized carbons (Fsp3) is 0.500. The molecule has 0 heterocycles. The first kappa shape index (κ1) is 22.6. The molecule has 0 bridgehead atoms. The van der Waals surface area contributed by atoms with Gasteiger partial charge in [-0.2, -0.15) is 0 Å². The summed E-state index contributed by atoms with van der Waals surface area (Å²) in [5.74, 6) is -0.833. The number of hydrogen-bond acceptors (Lipinski definition) is 1. The van der Waals surface area contributed by atoms with Gasteiger partial charge < -0.3 is 5.11 Å². The molecule has 1 N–H and O–H groups in total. The molecule has 0 aliphatic heterocycles. The molecule has 0 atom stereocenters. The molecule has 0 aliphatic carbocycles. The maximum absolute atomic E-state index is 9.00. The molecule has 2 nitrogen and oxygen atoms in total. The summed E-state index contributed by atoms with van der Waals surface area (Å²) in [7, 11) is 0. The second kappa shape index (κ2) is 15.9. The van der Waals surface area contributed by atoms with Crippen LogP contribution in [-0.2, 0) is 4.79 Å². The molecule has 0 saturated heterocycles. The molecule has 0 rings (SSSR count). The SMILES string of the molecule is CC(=O)O.[Ca].[Na].[Na]. The molecule has 0 unspecified atom stereocenters. The number of carbonyl (C=O) groups is 1. The van der Waals surface area contributed by atoms with Gasteiger partial charge in [0.2, 0.25) is 0 Å². The van der Waals surface area contributed by atoms with Crippen LogP contribution in [0.4, 0.5) is 0 Å². The Morgan fingerprint density at radius 3 is 1.43 bits per heavy atom. The molecule has 7 heavy (non-hydrogen) atoms. The average molecular weight is 146 g/mol. The van der Waals surface area contributed by atoms with E-state index in [1.54, 1.807) is 0 Å². The Bertz CT molecular complexity index is 36.7. The Kier molecular flexibility index (Phi) is 51.3. The van der Waals surface area contributed by atoms with Crippen LogP contribution >= 0.6 is 0 Å². The zero-order valence-corrected chi connectivity index (χ0v) is 11.3. The van der Waals surface area contributed by atoms with E-state index in [0.717, 1.165) is 6.92 Å². The summed E-state index contributed by atoms with van der Waals surface area (Å²) >= 11 is 0. The van der Waals surface area contributed by atoms with Crippen molar-refractivity contribution in [3.05, 3.63) is 0 Å². The predicted molar refractivity (Wildman–Crippen MR) is 30.6 cm³/mol. The van der Waals surface area contributed by atoms with E-state index in [2.05, 4.69) is 0 Å². The Balaban J connectivity index is -0.0000000150. The first-order valence-electron chi connectivity index (χ1n) is 0.928. The number of carboxylic acid groups (broad SMARTS) is 1. The van der Waals surface area contributed by atoms with Crippen LogP contribution in [-0.4, -0.2) is 108 Å². The monoisotopic (exact) mass is 146 g/mol. The maximum Gasteiger partial charge on any atom is 0.300 e. The van der Waals surface area contributed by atoms with Crippen molar-refractivity contribution in [1.82, 2.24) is 0 Å². The minimum atomic E-state index is -0.833. The Morgan fingerprint density at radius 1 is 1.43 bits per heavy atom. The van der Waals surface area contributed by atoms with E-state index in [1.165, 1.54) is 0 Å². The standard InChI is InChI=1S/C2H4O2.Ca.2Na/c1-2(3)4;;;/h1H3,(H,3,4);;;. The summed E-state index contributed by atoms with van der Waals surface area (Å²) in [6, 6.07) is 0. The van der Waals surface area contributed by atoms with E-state index in [1.807, 2.05) is 0 Å². The molecule has 0 aromatic carbocycles. The van der Waals surface area contributed by atoms with Gasteiger partial charge in [-0.15, -0.1) is 0 Å². The van der Waals surface area contributed by atoms with Crippen molar-refractivity contribution >= 4 is 103 Å². The van der Waals surface area contributed by atoms with Crippen molar-refractivity contribution < 1.29 is 9.90 Å². The molecule has 0 aromatic heterocycles. The van der Waals surface area contributed by atoms with Crippen LogP contribution < -0.4 is 0 Å². The van der Waals surface area contributed by atoms with Gasteiger partial charge in [-0.25, -0.2) is 0 Å². The van der Waals surface area contributed by atoms with Crippen molar-refractivity contribution in [2.75, 3.05) is 0 Å². The van der Waals surface area contributed by atoms with Crippen LogP contribution in [0.5, 0.6) is 0 Å². The molecule has 28 valence electrons. The number of rotatable bonds is 0. The molecule has 0 fully saturated rings. The van der Waals surface area contributed by atoms with Crippen LogP contribution in [0.15, 0.2) is 0 Å². The predicted octanol–water partition coefficient (Wildman–Crippen LogP) is -1.05. The second-order valence-electron chi connectivity index (χ2n) is 0.519. The van der Waals surface area contributed by atoms with Gasteiger partial charge in [0.25, 0.3) is 5.97 Å². The van der Waals surface area contributed by atoms with Gasteiger partial charge in [0, 0.05) is 104 Å². The van der Waals surface area contributed by atoms with E-state index >= 15 is 0 Å². The Labute approximate surface area is 117 Å². The van der Waals surface area contributed by atoms with E-state index in [9.17, 15) is 0 Å². The van der Waals surface area contributed by atoms with Crippen molar-refractivity contribution in [3.8, 4) is 0 Å². The Hall–Kier alpha value is 2.73. The quantitative estimate of drug-likeness (QED) is 0.443. The van der Waals surface area contributed by atoms with Gasteiger partial charge in [0.1, 0.15) is 0 Å². The van der Waals surface area contributed by atoms with Crippen LogP contribution in [0, 0.1) is 0 Å². The van der Waals surface area contributed by atoms with Gasteiger partial charge >= 0.3 is 0 Å². The van der Waals surface area contributed by atoms with Gasteiger partial charge in [-0.1, -0.05) is 0 Å². The summed E-state index contributed by atoms with van der Waals surface area (Å²) in [6.45, 7) is 1.08. The average Bonchev–Trinajstić information content (AvgIpc) is 0.811. The number of aliphatic carboxylic acids is 1. The van der Waals surface area contributed by atoms with E-state index in [4.69, 9.17) is 9.90 Å². The fourth-order valence-corrected chi connectivity index (χ4v) is 0. The third-order valence-corrected chi connectivity index (χ3v) is 0.